The second-order valence-electron chi connectivity index (χ2n) is 7.34. The summed E-state index contributed by atoms with van der Waals surface area (Å²) in [4.78, 5) is 14.3. The van der Waals surface area contributed by atoms with Crippen molar-refractivity contribution >= 4 is 5.91 Å². The molecule has 0 spiro atoms. The summed E-state index contributed by atoms with van der Waals surface area (Å²) in [5, 5.41) is 6.43. The van der Waals surface area contributed by atoms with Crippen LogP contribution < -0.4 is 15.4 Å². The molecule has 1 heterocycles. The molecule has 140 valence electrons. The number of hydrogen-bond donors (Lipinski definition) is 2. The van der Waals surface area contributed by atoms with Gasteiger partial charge in [0.2, 0.25) is 5.91 Å². The molecule has 25 heavy (non-hydrogen) atoms. The van der Waals surface area contributed by atoms with Crippen LogP contribution in [0.25, 0.3) is 0 Å². The van der Waals surface area contributed by atoms with Crippen molar-refractivity contribution in [3.05, 3.63) is 29.8 Å². The van der Waals surface area contributed by atoms with Crippen molar-refractivity contribution in [2.24, 2.45) is 11.8 Å². The molecule has 1 atom stereocenters. The van der Waals surface area contributed by atoms with E-state index >= 15 is 0 Å². The number of carbonyl (C=O) groups excluding carboxylic acids is 1. The molecule has 0 bridgehead atoms. The first kappa shape index (κ1) is 19.7. The highest BCUT2D eigenvalue weighted by molar-refractivity contribution is 5.76. The number of nitrogens with zero attached hydrogens (tertiary/aromatic N) is 1. The molecule has 0 aliphatic carbocycles. The highest BCUT2D eigenvalue weighted by atomic mass is 16.5. The zero-order valence-electron chi connectivity index (χ0n) is 15.9. The van der Waals surface area contributed by atoms with E-state index in [0.29, 0.717) is 31.4 Å². The van der Waals surface area contributed by atoms with Crippen molar-refractivity contribution in [3.63, 3.8) is 0 Å². The Kier molecular flexibility index (Phi) is 8.22. The van der Waals surface area contributed by atoms with Gasteiger partial charge >= 0.3 is 0 Å². The van der Waals surface area contributed by atoms with Gasteiger partial charge < -0.3 is 20.3 Å². The van der Waals surface area contributed by atoms with Gasteiger partial charge in [0, 0.05) is 19.5 Å². The van der Waals surface area contributed by atoms with Crippen molar-refractivity contribution in [2.45, 2.75) is 32.7 Å². The molecule has 1 aliphatic rings. The van der Waals surface area contributed by atoms with Gasteiger partial charge in [0.15, 0.2) is 0 Å². The minimum Gasteiger partial charge on any atom is -0.492 e. The van der Waals surface area contributed by atoms with Crippen LogP contribution in [-0.2, 0) is 11.3 Å². The summed E-state index contributed by atoms with van der Waals surface area (Å²) in [6.07, 6.45) is 2.98. The molecule has 1 fully saturated rings. The van der Waals surface area contributed by atoms with Gasteiger partial charge in [-0.2, -0.15) is 0 Å². The average molecular weight is 348 g/mol. The minimum atomic E-state index is 0.143. The van der Waals surface area contributed by atoms with Gasteiger partial charge in [0.1, 0.15) is 12.4 Å². The molecule has 1 aromatic carbocycles. The van der Waals surface area contributed by atoms with E-state index in [1.807, 2.05) is 38.4 Å². The second-order valence-corrected chi connectivity index (χ2v) is 7.34. The van der Waals surface area contributed by atoms with E-state index in [-0.39, 0.29) is 5.91 Å². The second kappa shape index (κ2) is 10.4. The van der Waals surface area contributed by atoms with Gasteiger partial charge in [0.25, 0.3) is 0 Å². The molecule has 1 amide bonds. The normalized spacial score (nSPS) is 16.6. The lowest BCUT2D eigenvalue weighted by atomic mass is 9.84. The van der Waals surface area contributed by atoms with E-state index < -0.39 is 0 Å². The molecule has 1 aliphatic heterocycles. The summed E-state index contributed by atoms with van der Waals surface area (Å²) in [6.45, 7) is 6.47. The maximum absolute atomic E-state index is 12.2. The monoisotopic (exact) mass is 347 g/mol. The standard InChI is InChI=1S/C20H33N3O2/c1-16(18-7-9-21-10-8-18)13-20(24)22-15-17-5-4-6-19(14-17)25-12-11-23(2)3/h4-6,14,16,18,21H,7-13,15H2,1-3H3,(H,22,24). The number of amides is 1. The highest BCUT2D eigenvalue weighted by Crippen LogP contribution is 2.24. The topological polar surface area (TPSA) is 53.6 Å². The first-order valence-electron chi connectivity index (χ1n) is 9.38. The molecule has 0 saturated carbocycles. The van der Waals surface area contributed by atoms with Gasteiger partial charge in [-0.15, -0.1) is 0 Å². The zero-order chi connectivity index (χ0) is 18.1. The van der Waals surface area contributed by atoms with Crippen molar-refractivity contribution in [3.8, 4) is 5.75 Å². The summed E-state index contributed by atoms with van der Waals surface area (Å²) >= 11 is 0. The van der Waals surface area contributed by atoms with Crippen LogP contribution in [0.15, 0.2) is 24.3 Å². The first-order valence-corrected chi connectivity index (χ1v) is 9.38. The number of rotatable bonds is 9. The molecule has 5 heteroatoms. The Morgan fingerprint density at radius 1 is 1.36 bits per heavy atom. The number of carbonyl (C=O) groups is 1. The van der Waals surface area contributed by atoms with Crippen LogP contribution in [0.3, 0.4) is 0 Å². The minimum absolute atomic E-state index is 0.143. The van der Waals surface area contributed by atoms with Crippen LogP contribution in [0, 0.1) is 11.8 Å². The predicted octanol–water partition coefficient (Wildman–Crippen LogP) is 2.27. The predicted molar refractivity (Wildman–Crippen MR) is 102 cm³/mol. The lowest BCUT2D eigenvalue weighted by molar-refractivity contribution is -0.122. The summed E-state index contributed by atoms with van der Waals surface area (Å²) in [7, 11) is 4.06. The number of piperidine rings is 1. The Labute approximate surface area is 152 Å². The van der Waals surface area contributed by atoms with Crippen LogP contribution in [0.4, 0.5) is 0 Å². The maximum Gasteiger partial charge on any atom is 0.220 e. The van der Waals surface area contributed by atoms with E-state index in [4.69, 9.17) is 4.74 Å². The van der Waals surface area contributed by atoms with E-state index in [9.17, 15) is 4.79 Å². The van der Waals surface area contributed by atoms with E-state index in [1.54, 1.807) is 0 Å². The highest BCUT2D eigenvalue weighted by Gasteiger charge is 2.21. The summed E-state index contributed by atoms with van der Waals surface area (Å²) in [6, 6.07) is 7.96. The maximum atomic E-state index is 12.2. The smallest absolute Gasteiger partial charge is 0.220 e. The SMILES string of the molecule is CC(CC(=O)NCc1cccc(OCCN(C)C)c1)C1CCNCC1. The van der Waals surface area contributed by atoms with Crippen molar-refractivity contribution in [1.82, 2.24) is 15.5 Å². The van der Waals surface area contributed by atoms with Gasteiger partial charge in [-0.25, -0.2) is 0 Å². The lowest BCUT2D eigenvalue weighted by Gasteiger charge is -2.27. The van der Waals surface area contributed by atoms with E-state index in [0.717, 1.165) is 30.9 Å². The Morgan fingerprint density at radius 2 is 2.12 bits per heavy atom. The first-order chi connectivity index (χ1) is 12.0. The van der Waals surface area contributed by atoms with Crippen LogP contribution >= 0.6 is 0 Å². The Hall–Kier alpha value is -1.59. The number of hydrogen-bond acceptors (Lipinski definition) is 4. The van der Waals surface area contributed by atoms with Crippen LogP contribution in [0.1, 0.15) is 31.7 Å². The molecular formula is C20H33N3O2. The molecular weight excluding hydrogens is 314 g/mol. The molecule has 1 saturated heterocycles. The fraction of sp³-hybridized carbons (Fsp3) is 0.650. The summed E-state index contributed by atoms with van der Waals surface area (Å²) in [5.41, 5.74) is 1.07. The molecule has 1 unspecified atom stereocenters. The molecule has 2 N–H and O–H groups in total. The largest absolute Gasteiger partial charge is 0.492 e. The van der Waals surface area contributed by atoms with E-state index in [2.05, 4.69) is 22.5 Å². The Balaban J connectivity index is 1.73. The van der Waals surface area contributed by atoms with Crippen LogP contribution in [0.2, 0.25) is 0 Å². The summed E-state index contributed by atoms with van der Waals surface area (Å²) in [5.74, 6) is 2.12. The third kappa shape index (κ3) is 7.45. The van der Waals surface area contributed by atoms with Gasteiger partial charge in [0.05, 0.1) is 0 Å². The molecule has 1 aromatic rings. The number of likely N-dealkylation sites (N-methyl/N-ethyl adjacent to an activating group) is 1. The zero-order valence-corrected chi connectivity index (χ0v) is 15.9. The van der Waals surface area contributed by atoms with Gasteiger partial charge in [-0.05, 0) is 69.6 Å². The fourth-order valence-corrected chi connectivity index (χ4v) is 3.24. The van der Waals surface area contributed by atoms with Crippen molar-refractivity contribution in [2.75, 3.05) is 40.3 Å². The third-order valence-electron chi connectivity index (χ3n) is 4.89. The van der Waals surface area contributed by atoms with E-state index in [1.165, 1.54) is 12.8 Å². The van der Waals surface area contributed by atoms with Crippen molar-refractivity contribution < 1.29 is 9.53 Å². The number of ether oxygens (including phenoxy) is 1. The fourth-order valence-electron chi connectivity index (χ4n) is 3.24. The average Bonchev–Trinajstić information content (AvgIpc) is 2.61. The Bertz CT molecular complexity index is 527. The molecule has 0 radical (unpaired) electrons. The van der Waals surface area contributed by atoms with Crippen LogP contribution in [-0.4, -0.2) is 51.1 Å². The number of nitrogens with one attached hydrogen (secondary N) is 2. The number of benzene rings is 1. The van der Waals surface area contributed by atoms with Crippen molar-refractivity contribution in [1.29, 1.82) is 0 Å². The summed E-state index contributed by atoms with van der Waals surface area (Å²) < 4.78 is 5.75. The lowest BCUT2D eigenvalue weighted by Crippen LogP contribution is -2.33. The Morgan fingerprint density at radius 3 is 2.84 bits per heavy atom. The molecule has 2 rings (SSSR count). The quantitative estimate of drug-likeness (QED) is 0.719. The van der Waals surface area contributed by atoms with Gasteiger partial charge in [-0.3, -0.25) is 4.79 Å². The third-order valence-corrected chi connectivity index (χ3v) is 4.89. The molecule has 5 nitrogen and oxygen atoms in total. The van der Waals surface area contributed by atoms with Gasteiger partial charge in [-0.1, -0.05) is 19.1 Å². The molecule has 0 aromatic heterocycles. The van der Waals surface area contributed by atoms with Crippen LogP contribution in [0.5, 0.6) is 5.75 Å².